The van der Waals surface area contributed by atoms with Crippen LogP contribution in [0.4, 0.5) is 5.69 Å². The lowest BCUT2D eigenvalue weighted by Gasteiger charge is -2.18. The fourth-order valence-corrected chi connectivity index (χ4v) is 4.81. The van der Waals surface area contributed by atoms with Gasteiger partial charge in [0.25, 0.3) is 11.6 Å². The minimum Gasteiger partial charge on any atom is -0.351 e. The van der Waals surface area contributed by atoms with Crippen LogP contribution in [0.2, 0.25) is 0 Å². The van der Waals surface area contributed by atoms with Crippen LogP contribution in [0.25, 0.3) is 16.9 Å². The summed E-state index contributed by atoms with van der Waals surface area (Å²) in [7, 11) is 0. The van der Waals surface area contributed by atoms with Crippen molar-refractivity contribution in [3.05, 3.63) is 147 Å². The lowest BCUT2D eigenvalue weighted by Crippen LogP contribution is -2.28. The third-order valence-electron chi connectivity index (χ3n) is 7.17. The molecule has 1 amide bonds. The predicted octanol–water partition coefficient (Wildman–Crippen LogP) is 7.02. The van der Waals surface area contributed by atoms with Crippen molar-refractivity contribution in [3.8, 4) is 16.9 Å². The lowest BCUT2D eigenvalue weighted by atomic mass is 9.88. The number of non-ortho nitro benzene ring substituents is 1. The van der Waals surface area contributed by atoms with E-state index in [1.165, 1.54) is 28.8 Å². The molecular weight excluding hydrogens is 500 g/mol. The van der Waals surface area contributed by atoms with E-state index >= 15 is 0 Å². The Morgan fingerprint density at radius 3 is 2.05 bits per heavy atom. The zero-order valence-electron chi connectivity index (χ0n) is 22.5. The number of benzene rings is 4. The van der Waals surface area contributed by atoms with Crippen LogP contribution in [0.5, 0.6) is 0 Å². The largest absolute Gasteiger partial charge is 0.351 e. The van der Waals surface area contributed by atoms with Crippen LogP contribution in [-0.4, -0.2) is 27.2 Å². The van der Waals surface area contributed by atoms with Crippen molar-refractivity contribution in [2.45, 2.75) is 26.2 Å². The lowest BCUT2D eigenvalue weighted by molar-refractivity contribution is -0.384. The molecule has 0 aliphatic heterocycles. The van der Waals surface area contributed by atoms with E-state index in [2.05, 4.69) is 29.6 Å². The number of hydrogen-bond donors (Lipinski definition) is 1. The summed E-state index contributed by atoms with van der Waals surface area (Å²) in [6.45, 7) is 4.54. The highest BCUT2D eigenvalue weighted by atomic mass is 16.6. The molecule has 40 heavy (non-hydrogen) atoms. The van der Waals surface area contributed by atoms with Gasteiger partial charge in [-0.25, -0.2) is 4.68 Å². The Morgan fingerprint density at radius 2 is 1.48 bits per heavy atom. The van der Waals surface area contributed by atoms with Crippen molar-refractivity contribution in [2.75, 3.05) is 6.54 Å². The average Bonchev–Trinajstić information content (AvgIpc) is 3.43. The first kappa shape index (κ1) is 26.6. The van der Waals surface area contributed by atoms with Crippen LogP contribution in [0.3, 0.4) is 0 Å². The number of nitrogens with one attached hydrogen (secondary N) is 1. The monoisotopic (exact) mass is 530 g/mol. The summed E-state index contributed by atoms with van der Waals surface area (Å²) in [6, 6.07) is 34.4. The standard InChI is InChI=1S/C33H30N4O3/c1-23-13-14-27(21-24(23)2)31-22-32(36(35-31)28-15-17-29(18-16-28)37(39)40)33(38)34-20-19-30(25-9-5-3-6-10-25)26-11-7-4-8-12-26/h3-18,21-22,30H,19-20H2,1-2H3,(H,34,38). The Kier molecular flexibility index (Phi) is 7.82. The van der Waals surface area contributed by atoms with Crippen molar-refractivity contribution >= 4 is 11.6 Å². The summed E-state index contributed by atoms with van der Waals surface area (Å²) in [5.41, 5.74) is 7.12. The zero-order chi connectivity index (χ0) is 28.1. The number of nitrogens with zero attached hydrogens (tertiary/aromatic N) is 3. The van der Waals surface area contributed by atoms with Gasteiger partial charge < -0.3 is 5.32 Å². The van der Waals surface area contributed by atoms with Crippen molar-refractivity contribution in [1.29, 1.82) is 0 Å². The molecule has 7 heteroatoms. The summed E-state index contributed by atoms with van der Waals surface area (Å²) >= 11 is 0. The Bertz CT molecular complexity index is 1590. The second-order valence-corrected chi connectivity index (χ2v) is 9.82. The van der Waals surface area contributed by atoms with E-state index in [4.69, 9.17) is 5.10 Å². The molecule has 5 rings (SSSR count). The number of nitro benzene ring substituents is 1. The molecule has 0 unspecified atom stereocenters. The number of carbonyl (C=O) groups excluding carboxylic acids is 1. The first-order valence-electron chi connectivity index (χ1n) is 13.2. The molecule has 0 saturated heterocycles. The minimum atomic E-state index is -0.448. The molecule has 0 bridgehead atoms. The number of rotatable bonds is 9. The number of aryl methyl sites for hydroxylation is 2. The zero-order valence-corrected chi connectivity index (χ0v) is 22.5. The number of hydrogen-bond acceptors (Lipinski definition) is 4. The normalized spacial score (nSPS) is 11.0. The third kappa shape index (κ3) is 5.83. The van der Waals surface area contributed by atoms with Gasteiger partial charge in [0.1, 0.15) is 5.69 Å². The minimum absolute atomic E-state index is 0.0239. The number of nitro groups is 1. The van der Waals surface area contributed by atoms with E-state index in [9.17, 15) is 14.9 Å². The summed E-state index contributed by atoms with van der Waals surface area (Å²) in [6.07, 6.45) is 0.718. The van der Waals surface area contributed by atoms with Crippen LogP contribution in [0, 0.1) is 24.0 Å². The van der Waals surface area contributed by atoms with Gasteiger partial charge in [-0.1, -0.05) is 72.8 Å². The van der Waals surface area contributed by atoms with E-state index < -0.39 is 4.92 Å². The molecule has 4 aromatic carbocycles. The highest BCUT2D eigenvalue weighted by Gasteiger charge is 2.20. The predicted molar refractivity (Wildman–Crippen MR) is 157 cm³/mol. The van der Waals surface area contributed by atoms with Gasteiger partial charge in [0.2, 0.25) is 0 Å². The van der Waals surface area contributed by atoms with Gasteiger partial charge in [0.15, 0.2) is 0 Å². The van der Waals surface area contributed by atoms with Crippen LogP contribution in [0.15, 0.2) is 109 Å². The first-order valence-corrected chi connectivity index (χ1v) is 13.2. The fraction of sp³-hybridized carbons (Fsp3) is 0.152. The molecule has 0 spiro atoms. The van der Waals surface area contributed by atoms with Gasteiger partial charge in [-0.05, 0) is 66.8 Å². The molecule has 7 nitrogen and oxygen atoms in total. The van der Waals surface area contributed by atoms with Crippen molar-refractivity contribution < 1.29 is 9.72 Å². The molecule has 0 atom stereocenters. The molecule has 1 aromatic heterocycles. The van der Waals surface area contributed by atoms with Gasteiger partial charge in [-0.3, -0.25) is 14.9 Å². The quantitative estimate of drug-likeness (QED) is 0.164. The van der Waals surface area contributed by atoms with E-state index in [1.54, 1.807) is 22.9 Å². The molecule has 0 fully saturated rings. The van der Waals surface area contributed by atoms with Gasteiger partial charge in [-0.2, -0.15) is 5.10 Å². The number of carbonyl (C=O) groups is 1. The number of amides is 1. The van der Waals surface area contributed by atoms with Gasteiger partial charge in [-0.15, -0.1) is 0 Å². The van der Waals surface area contributed by atoms with Crippen molar-refractivity contribution in [2.24, 2.45) is 0 Å². The SMILES string of the molecule is Cc1ccc(-c2cc(C(=O)NCCC(c3ccccc3)c3ccccc3)n(-c3ccc([N+](=O)[O-])cc3)n2)cc1C. The number of aromatic nitrogens is 2. The Labute approximate surface area is 233 Å². The third-order valence-corrected chi connectivity index (χ3v) is 7.17. The maximum absolute atomic E-state index is 13.6. The van der Waals surface area contributed by atoms with Crippen molar-refractivity contribution in [1.82, 2.24) is 15.1 Å². The molecule has 0 aliphatic carbocycles. The van der Waals surface area contributed by atoms with Crippen LogP contribution < -0.4 is 5.32 Å². The Hall–Kier alpha value is -5.04. The topological polar surface area (TPSA) is 90.1 Å². The van der Waals surface area contributed by atoms with Gasteiger partial charge in [0, 0.05) is 30.2 Å². The first-order chi connectivity index (χ1) is 19.4. The van der Waals surface area contributed by atoms with E-state index in [-0.39, 0.29) is 17.5 Å². The van der Waals surface area contributed by atoms with Crippen molar-refractivity contribution in [3.63, 3.8) is 0 Å². The maximum Gasteiger partial charge on any atom is 0.270 e. The second-order valence-electron chi connectivity index (χ2n) is 9.82. The fourth-order valence-electron chi connectivity index (χ4n) is 4.81. The Balaban J connectivity index is 1.42. The molecule has 5 aromatic rings. The van der Waals surface area contributed by atoms with Crippen LogP contribution >= 0.6 is 0 Å². The molecular formula is C33H30N4O3. The molecule has 0 aliphatic rings. The summed E-state index contributed by atoms with van der Waals surface area (Å²) in [4.78, 5) is 24.3. The van der Waals surface area contributed by atoms with Gasteiger partial charge in [0.05, 0.1) is 16.3 Å². The summed E-state index contributed by atoms with van der Waals surface area (Å²) in [5.74, 6) is -0.130. The van der Waals surface area contributed by atoms with Gasteiger partial charge >= 0.3 is 0 Å². The van der Waals surface area contributed by atoms with Crippen LogP contribution in [-0.2, 0) is 0 Å². The summed E-state index contributed by atoms with van der Waals surface area (Å²) in [5, 5.41) is 19.0. The smallest absolute Gasteiger partial charge is 0.270 e. The van der Waals surface area contributed by atoms with E-state index in [1.807, 2.05) is 68.4 Å². The molecule has 0 radical (unpaired) electrons. The highest BCUT2D eigenvalue weighted by molar-refractivity contribution is 5.94. The highest BCUT2D eigenvalue weighted by Crippen LogP contribution is 2.28. The average molecular weight is 531 g/mol. The maximum atomic E-state index is 13.6. The summed E-state index contributed by atoms with van der Waals surface area (Å²) < 4.78 is 1.55. The van der Waals surface area contributed by atoms with E-state index in [0.717, 1.165) is 17.5 Å². The Morgan fingerprint density at radius 1 is 0.850 bits per heavy atom. The molecule has 0 saturated carbocycles. The second kappa shape index (κ2) is 11.8. The molecule has 1 N–H and O–H groups in total. The molecule has 1 heterocycles. The van der Waals surface area contributed by atoms with E-state index in [0.29, 0.717) is 23.6 Å². The molecule has 200 valence electrons. The van der Waals surface area contributed by atoms with Crippen LogP contribution in [0.1, 0.15) is 45.1 Å².